The molecule has 1 amide bonds. The molecule has 6 nitrogen and oxygen atoms in total. The van der Waals surface area contributed by atoms with Gasteiger partial charge in [-0.3, -0.25) is 4.79 Å². The van der Waals surface area contributed by atoms with Crippen LogP contribution < -0.4 is 10.2 Å². The minimum atomic E-state index is -1.14. The van der Waals surface area contributed by atoms with Crippen LogP contribution in [0, 0.1) is 0 Å². The first-order valence-electron chi connectivity index (χ1n) is 8.93. The molecular formula is C21H26N2O4. The Bertz CT molecular complexity index is 745. The van der Waals surface area contributed by atoms with E-state index >= 15 is 0 Å². The quantitative estimate of drug-likeness (QED) is 0.698. The zero-order chi connectivity index (χ0) is 19.8. The number of anilines is 1. The van der Waals surface area contributed by atoms with Gasteiger partial charge in [0.15, 0.2) is 6.04 Å². The summed E-state index contributed by atoms with van der Waals surface area (Å²) in [6, 6.07) is 15.1. The topological polar surface area (TPSA) is 78.9 Å². The van der Waals surface area contributed by atoms with Gasteiger partial charge in [0.2, 0.25) is 0 Å². The lowest BCUT2D eigenvalue weighted by Crippen LogP contribution is -2.48. The minimum absolute atomic E-state index is 0.0802. The van der Waals surface area contributed by atoms with Crippen molar-refractivity contribution in [3.8, 4) is 0 Å². The number of amides is 1. The molecule has 0 spiro atoms. The van der Waals surface area contributed by atoms with E-state index in [1.165, 1.54) is 6.92 Å². The molecule has 0 saturated heterocycles. The number of nitrogens with one attached hydrogen (secondary N) is 1. The van der Waals surface area contributed by atoms with Crippen molar-refractivity contribution < 1.29 is 19.4 Å². The first-order valence-corrected chi connectivity index (χ1v) is 8.93. The predicted molar refractivity (Wildman–Crippen MR) is 105 cm³/mol. The summed E-state index contributed by atoms with van der Waals surface area (Å²) in [6.45, 7) is 4.41. The van der Waals surface area contributed by atoms with Crippen LogP contribution in [0.5, 0.6) is 0 Å². The maximum atomic E-state index is 12.4. The van der Waals surface area contributed by atoms with E-state index in [1.54, 1.807) is 12.1 Å². The molecule has 144 valence electrons. The van der Waals surface area contributed by atoms with Crippen LogP contribution in [0.1, 0.15) is 29.8 Å². The molecule has 2 atom stereocenters. The fourth-order valence-corrected chi connectivity index (χ4v) is 2.47. The van der Waals surface area contributed by atoms with E-state index in [1.807, 2.05) is 61.3 Å². The highest BCUT2D eigenvalue weighted by Gasteiger charge is 2.27. The number of ether oxygens (including phenoxy) is 1. The summed E-state index contributed by atoms with van der Waals surface area (Å²) >= 11 is 0. The molecule has 0 unspecified atom stereocenters. The summed E-state index contributed by atoms with van der Waals surface area (Å²) in [5.41, 5.74) is 2.23. The molecule has 0 radical (unpaired) electrons. The van der Waals surface area contributed by atoms with Gasteiger partial charge in [0.25, 0.3) is 5.91 Å². The maximum absolute atomic E-state index is 12.4. The number of hydrogen-bond acceptors (Lipinski definition) is 5. The van der Waals surface area contributed by atoms with E-state index in [2.05, 4.69) is 5.32 Å². The van der Waals surface area contributed by atoms with Crippen molar-refractivity contribution in [2.75, 3.05) is 18.5 Å². The number of hydrogen-bond donors (Lipinski definition) is 2. The third-order valence-electron chi connectivity index (χ3n) is 4.29. The molecule has 0 saturated carbocycles. The number of rotatable bonds is 8. The smallest absolute Gasteiger partial charge is 0.331 e. The van der Waals surface area contributed by atoms with Gasteiger partial charge in [-0.1, -0.05) is 30.3 Å². The second kappa shape index (κ2) is 9.73. The highest BCUT2D eigenvalue weighted by molar-refractivity contribution is 5.97. The molecule has 0 bridgehead atoms. The zero-order valence-electron chi connectivity index (χ0n) is 15.9. The van der Waals surface area contributed by atoms with E-state index in [0.717, 1.165) is 17.8 Å². The Morgan fingerprint density at radius 2 is 1.74 bits per heavy atom. The van der Waals surface area contributed by atoms with Gasteiger partial charge >= 0.3 is 5.97 Å². The van der Waals surface area contributed by atoms with Crippen molar-refractivity contribution in [3.05, 3.63) is 65.7 Å². The zero-order valence-corrected chi connectivity index (χ0v) is 15.9. The van der Waals surface area contributed by atoms with Gasteiger partial charge in [0.1, 0.15) is 6.61 Å². The highest BCUT2D eigenvalue weighted by atomic mass is 16.5. The Morgan fingerprint density at radius 3 is 2.30 bits per heavy atom. The summed E-state index contributed by atoms with van der Waals surface area (Å²) in [5, 5.41) is 12.5. The molecule has 27 heavy (non-hydrogen) atoms. The second-order valence-electron chi connectivity index (χ2n) is 6.35. The van der Waals surface area contributed by atoms with Gasteiger partial charge < -0.3 is 20.1 Å². The molecule has 0 aliphatic rings. The first kappa shape index (κ1) is 20.5. The average Bonchev–Trinajstić information content (AvgIpc) is 2.70. The molecule has 6 heteroatoms. The van der Waals surface area contributed by atoms with Crippen LogP contribution in [0.25, 0.3) is 0 Å². The Balaban J connectivity index is 1.99. The molecule has 0 fully saturated rings. The molecule has 0 aliphatic heterocycles. The number of benzene rings is 2. The lowest BCUT2D eigenvalue weighted by Gasteiger charge is -2.21. The standard InChI is InChI=1S/C21H26N2O4/c1-4-23(3)18-12-10-17(11-13-18)20(25)22-19(15(2)24)21(26)27-14-16-8-6-5-7-9-16/h5-13,15,19,24H,4,14H2,1-3H3,(H,22,25)/t15-,19-/m0/s1. The molecule has 0 aliphatic carbocycles. The third kappa shape index (κ3) is 5.82. The Hall–Kier alpha value is -2.86. The maximum Gasteiger partial charge on any atom is 0.331 e. The van der Waals surface area contributed by atoms with Crippen LogP contribution in [0.4, 0.5) is 5.69 Å². The Kier molecular flexibility index (Phi) is 7.37. The molecule has 2 aromatic rings. The molecule has 2 aromatic carbocycles. The van der Waals surface area contributed by atoms with Crippen molar-refractivity contribution in [1.29, 1.82) is 0 Å². The van der Waals surface area contributed by atoms with E-state index in [4.69, 9.17) is 4.74 Å². The second-order valence-corrected chi connectivity index (χ2v) is 6.35. The Morgan fingerprint density at radius 1 is 1.11 bits per heavy atom. The van der Waals surface area contributed by atoms with Gasteiger partial charge in [0.05, 0.1) is 6.10 Å². The summed E-state index contributed by atoms with van der Waals surface area (Å²) in [6.07, 6.45) is -1.08. The lowest BCUT2D eigenvalue weighted by molar-refractivity contribution is -0.150. The van der Waals surface area contributed by atoms with E-state index in [-0.39, 0.29) is 6.61 Å². The molecule has 2 N–H and O–H groups in total. The van der Waals surface area contributed by atoms with Crippen molar-refractivity contribution in [1.82, 2.24) is 5.32 Å². The lowest BCUT2D eigenvalue weighted by atomic mass is 10.1. The summed E-state index contributed by atoms with van der Waals surface area (Å²) in [7, 11) is 1.96. The number of carbonyl (C=O) groups is 2. The average molecular weight is 370 g/mol. The van der Waals surface area contributed by atoms with Crippen molar-refractivity contribution in [3.63, 3.8) is 0 Å². The van der Waals surface area contributed by atoms with Crippen LogP contribution >= 0.6 is 0 Å². The predicted octanol–water partition coefficient (Wildman–Crippen LogP) is 2.37. The van der Waals surface area contributed by atoms with E-state index in [0.29, 0.717) is 5.56 Å². The van der Waals surface area contributed by atoms with Crippen LogP contribution in [-0.4, -0.2) is 42.7 Å². The van der Waals surface area contributed by atoms with Crippen LogP contribution in [0.3, 0.4) is 0 Å². The van der Waals surface area contributed by atoms with Gasteiger partial charge in [-0.15, -0.1) is 0 Å². The molecule has 0 aromatic heterocycles. The molecule has 2 rings (SSSR count). The normalized spacial score (nSPS) is 12.7. The van der Waals surface area contributed by atoms with Crippen LogP contribution in [0.15, 0.2) is 54.6 Å². The molecular weight excluding hydrogens is 344 g/mol. The number of aliphatic hydroxyl groups excluding tert-OH is 1. The SMILES string of the molecule is CCN(C)c1ccc(C(=O)N[C@H](C(=O)OCc2ccccc2)[C@H](C)O)cc1. The van der Waals surface area contributed by atoms with Gasteiger partial charge in [-0.2, -0.15) is 0 Å². The van der Waals surface area contributed by atoms with Crippen molar-refractivity contribution in [2.24, 2.45) is 0 Å². The van der Waals surface area contributed by atoms with Gasteiger partial charge in [0, 0.05) is 24.8 Å². The highest BCUT2D eigenvalue weighted by Crippen LogP contribution is 2.14. The fraction of sp³-hybridized carbons (Fsp3) is 0.333. The number of carbonyl (C=O) groups excluding carboxylic acids is 2. The van der Waals surface area contributed by atoms with E-state index in [9.17, 15) is 14.7 Å². The third-order valence-corrected chi connectivity index (χ3v) is 4.29. The van der Waals surface area contributed by atoms with E-state index < -0.39 is 24.0 Å². The first-order chi connectivity index (χ1) is 12.9. The molecule has 0 heterocycles. The number of nitrogens with zero attached hydrogens (tertiary/aromatic N) is 1. The fourth-order valence-electron chi connectivity index (χ4n) is 2.47. The summed E-state index contributed by atoms with van der Waals surface area (Å²) in [4.78, 5) is 26.8. The van der Waals surface area contributed by atoms with Gasteiger partial charge in [-0.25, -0.2) is 4.79 Å². The van der Waals surface area contributed by atoms with Gasteiger partial charge in [-0.05, 0) is 43.7 Å². The van der Waals surface area contributed by atoms with Crippen molar-refractivity contribution in [2.45, 2.75) is 32.6 Å². The van der Waals surface area contributed by atoms with Crippen LogP contribution in [0.2, 0.25) is 0 Å². The Labute approximate surface area is 159 Å². The largest absolute Gasteiger partial charge is 0.459 e. The number of aliphatic hydroxyl groups is 1. The number of esters is 1. The summed E-state index contributed by atoms with van der Waals surface area (Å²) in [5.74, 6) is -1.12. The monoisotopic (exact) mass is 370 g/mol. The minimum Gasteiger partial charge on any atom is -0.459 e. The summed E-state index contributed by atoms with van der Waals surface area (Å²) < 4.78 is 5.23. The van der Waals surface area contributed by atoms with Crippen LogP contribution in [-0.2, 0) is 16.1 Å². The van der Waals surface area contributed by atoms with Crippen molar-refractivity contribution >= 4 is 17.6 Å².